The zero-order chi connectivity index (χ0) is 12.8. The van der Waals surface area contributed by atoms with Crippen LogP contribution in [0.15, 0.2) is 0 Å². The maximum atomic E-state index is 11.8. The molecule has 1 saturated heterocycles. The van der Waals surface area contributed by atoms with Gasteiger partial charge in [-0.25, -0.2) is 4.79 Å². The van der Waals surface area contributed by atoms with E-state index in [1.165, 1.54) is 7.05 Å². The van der Waals surface area contributed by atoms with Gasteiger partial charge >= 0.3 is 6.03 Å². The highest BCUT2D eigenvalue weighted by Crippen LogP contribution is 2.17. The summed E-state index contributed by atoms with van der Waals surface area (Å²) in [6.45, 7) is 4.19. The zero-order valence-corrected chi connectivity index (χ0v) is 11.8. The topological polar surface area (TPSA) is 87.5 Å². The first kappa shape index (κ1) is 17.2. The van der Waals surface area contributed by atoms with Crippen molar-refractivity contribution in [2.75, 3.05) is 26.7 Å². The lowest BCUT2D eigenvalue weighted by molar-refractivity contribution is -0.125. The average molecular weight is 279 g/mol. The number of hydrogen-bond acceptors (Lipinski definition) is 4. The smallest absolute Gasteiger partial charge is 0.321 e. The predicted molar refractivity (Wildman–Crippen MR) is 72.7 cm³/mol. The van der Waals surface area contributed by atoms with E-state index in [1.807, 2.05) is 6.92 Å². The highest BCUT2D eigenvalue weighted by Gasteiger charge is 2.27. The Morgan fingerprint density at radius 2 is 2.17 bits per heavy atom. The summed E-state index contributed by atoms with van der Waals surface area (Å²) in [6, 6.07) is -0.754. The first-order valence-corrected chi connectivity index (χ1v) is 6.05. The van der Waals surface area contributed by atoms with E-state index in [4.69, 9.17) is 5.73 Å². The molecule has 7 heteroatoms. The third kappa shape index (κ3) is 4.80. The van der Waals surface area contributed by atoms with Crippen LogP contribution in [0.3, 0.4) is 0 Å². The van der Waals surface area contributed by atoms with Crippen LogP contribution in [-0.2, 0) is 4.79 Å². The van der Waals surface area contributed by atoms with Gasteiger partial charge in [0.05, 0.1) is 6.04 Å². The average Bonchev–Trinajstić information content (AvgIpc) is 2.37. The summed E-state index contributed by atoms with van der Waals surface area (Å²) in [5, 5.41) is 4.66. The molecule has 0 aliphatic carbocycles. The third-order valence-electron chi connectivity index (χ3n) is 3.27. The molecule has 1 heterocycles. The van der Waals surface area contributed by atoms with Crippen molar-refractivity contribution < 1.29 is 9.59 Å². The number of halogens is 1. The Labute approximate surface area is 114 Å². The maximum absolute atomic E-state index is 11.8. The molecule has 2 unspecified atom stereocenters. The molecule has 0 spiro atoms. The molecule has 4 N–H and O–H groups in total. The largest absolute Gasteiger partial charge is 0.341 e. The van der Waals surface area contributed by atoms with Crippen LogP contribution in [0.2, 0.25) is 0 Å². The Morgan fingerprint density at radius 3 is 2.72 bits per heavy atom. The number of nitrogens with one attached hydrogen (secondary N) is 2. The molecular weight excluding hydrogens is 256 g/mol. The van der Waals surface area contributed by atoms with Crippen LogP contribution in [0.1, 0.15) is 19.8 Å². The molecule has 0 bridgehead atoms. The van der Waals surface area contributed by atoms with Gasteiger partial charge in [-0.15, -0.1) is 12.4 Å². The van der Waals surface area contributed by atoms with Crippen molar-refractivity contribution in [3.8, 4) is 0 Å². The molecule has 0 saturated carbocycles. The summed E-state index contributed by atoms with van der Waals surface area (Å²) in [5.41, 5.74) is 5.65. The number of piperidine rings is 1. The Morgan fingerprint density at radius 1 is 1.50 bits per heavy atom. The van der Waals surface area contributed by atoms with Gasteiger partial charge in [-0.05, 0) is 38.8 Å². The molecular formula is C11H23ClN4O2. The Bertz CT molecular complexity index is 288. The number of nitrogens with two attached hydrogens (primary N) is 1. The highest BCUT2D eigenvalue weighted by atomic mass is 35.5. The molecule has 2 atom stereocenters. The predicted octanol–water partition coefficient (Wildman–Crippen LogP) is -0.0770. The number of likely N-dealkylation sites (tertiary alicyclic amines) is 1. The molecule has 0 aromatic rings. The third-order valence-corrected chi connectivity index (χ3v) is 3.27. The molecule has 0 aromatic heterocycles. The lowest BCUT2D eigenvalue weighted by Gasteiger charge is -2.35. The molecule has 1 aliphatic rings. The molecule has 18 heavy (non-hydrogen) atoms. The Hall–Kier alpha value is -0.850. The Kier molecular flexibility index (Phi) is 7.90. The van der Waals surface area contributed by atoms with E-state index in [0.717, 1.165) is 25.9 Å². The van der Waals surface area contributed by atoms with Gasteiger partial charge in [-0.2, -0.15) is 0 Å². The van der Waals surface area contributed by atoms with Crippen molar-refractivity contribution in [2.24, 2.45) is 11.7 Å². The van der Waals surface area contributed by atoms with E-state index in [-0.39, 0.29) is 24.4 Å². The van der Waals surface area contributed by atoms with Gasteiger partial charge in [0.15, 0.2) is 0 Å². The number of carbonyl (C=O) groups excluding carboxylic acids is 2. The summed E-state index contributed by atoms with van der Waals surface area (Å²) in [4.78, 5) is 24.9. The summed E-state index contributed by atoms with van der Waals surface area (Å²) in [6.07, 6.45) is 2.18. The summed E-state index contributed by atoms with van der Waals surface area (Å²) >= 11 is 0. The van der Waals surface area contributed by atoms with Crippen LogP contribution in [0.4, 0.5) is 4.79 Å². The van der Waals surface area contributed by atoms with Crippen molar-refractivity contribution in [3.05, 3.63) is 0 Å². The van der Waals surface area contributed by atoms with Crippen LogP contribution >= 0.6 is 12.4 Å². The first-order chi connectivity index (χ1) is 8.08. The first-order valence-electron chi connectivity index (χ1n) is 6.05. The zero-order valence-electron chi connectivity index (χ0n) is 10.9. The van der Waals surface area contributed by atoms with Gasteiger partial charge < -0.3 is 11.1 Å². The van der Waals surface area contributed by atoms with Crippen molar-refractivity contribution in [3.63, 3.8) is 0 Å². The van der Waals surface area contributed by atoms with Gasteiger partial charge in [0, 0.05) is 13.6 Å². The van der Waals surface area contributed by atoms with Crippen molar-refractivity contribution in [2.45, 2.75) is 25.8 Å². The number of amides is 3. The molecule has 3 amide bonds. The Balaban J connectivity index is 0.00000289. The molecule has 1 aliphatic heterocycles. The number of imide groups is 1. The second-order valence-electron chi connectivity index (χ2n) is 4.48. The number of urea groups is 1. The van der Waals surface area contributed by atoms with E-state index < -0.39 is 6.03 Å². The molecule has 0 aromatic carbocycles. The molecule has 6 nitrogen and oxygen atoms in total. The van der Waals surface area contributed by atoms with Crippen LogP contribution in [0, 0.1) is 5.92 Å². The minimum Gasteiger partial charge on any atom is -0.341 e. The number of nitrogens with zero attached hydrogens (tertiary/aromatic N) is 1. The van der Waals surface area contributed by atoms with Crippen molar-refractivity contribution in [1.82, 2.24) is 15.5 Å². The van der Waals surface area contributed by atoms with Gasteiger partial charge in [0.1, 0.15) is 0 Å². The summed E-state index contributed by atoms with van der Waals surface area (Å²) in [7, 11) is 1.48. The van der Waals surface area contributed by atoms with E-state index in [0.29, 0.717) is 12.5 Å². The molecule has 1 rings (SSSR count). The van der Waals surface area contributed by atoms with E-state index >= 15 is 0 Å². The summed E-state index contributed by atoms with van der Waals surface area (Å²) in [5.74, 6) is 0.195. The number of rotatable bonds is 3. The quantitative estimate of drug-likeness (QED) is 0.674. The summed E-state index contributed by atoms with van der Waals surface area (Å²) < 4.78 is 0. The lowest BCUT2D eigenvalue weighted by Crippen LogP contribution is -2.52. The molecule has 0 radical (unpaired) electrons. The lowest BCUT2D eigenvalue weighted by atomic mass is 9.97. The monoisotopic (exact) mass is 278 g/mol. The number of hydrogen-bond donors (Lipinski definition) is 3. The SMILES string of the molecule is CNC(=O)NC(=O)C(C)N1CCCC(CN)C1.Cl. The van der Waals surface area contributed by atoms with Crippen LogP contribution in [0.5, 0.6) is 0 Å². The van der Waals surface area contributed by atoms with E-state index in [2.05, 4.69) is 15.5 Å². The van der Waals surface area contributed by atoms with Crippen molar-refractivity contribution in [1.29, 1.82) is 0 Å². The van der Waals surface area contributed by atoms with Crippen LogP contribution < -0.4 is 16.4 Å². The standard InChI is InChI=1S/C11H22N4O2.ClH/c1-8(10(16)14-11(17)13-2)15-5-3-4-9(6-12)7-15;/h8-9H,3-7,12H2,1-2H3,(H2,13,14,16,17);1H. The fourth-order valence-electron chi connectivity index (χ4n) is 2.09. The normalized spacial score (nSPS) is 21.6. The van der Waals surface area contributed by atoms with Crippen LogP contribution in [0.25, 0.3) is 0 Å². The minimum absolute atomic E-state index is 0. The van der Waals surface area contributed by atoms with E-state index in [1.54, 1.807) is 0 Å². The van der Waals surface area contributed by atoms with Gasteiger partial charge in [-0.1, -0.05) is 0 Å². The van der Waals surface area contributed by atoms with E-state index in [9.17, 15) is 9.59 Å². The molecule has 1 fully saturated rings. The van der Waals surface area contributed by atoms with Gasteiger partial charge in [0.25, 0.3) is 0 Å². The van der Waals surface area contributed by atoms with Crippen LogP contribution in [-0.4, -0.2) is 49.6 Å². The van der Waals surface area contributed by atoms with Crippen molar-refractivity contribution >= 4 is 24.3 Å². The highest BCUT2D eigenvalue weighted by molar-refractivity contribution is 5.96. The minimum atomic E-state index is -0.464. The second kappa shape index (κ2) is 8.29. The molecule has 106 valence electrons. The second-order valence-corrected chi connectivity index (χ2v) is 4.48. The van der Waals surface area contributed by atoms with Gasteiger partial charge in [-0.3, -0.25) is 15.0 Å². The maximum Gasteiger partial charge on any atom is 0.321 e. The fourth-order valence-corrected chi connectivity index (χ4v) is 2.09. The number of carbonyl (C=O) groups is 2. The van der Waals surface area contributed by atoms with Gasteiger partial charge in [0.2, 0.25) is 5.91 Å². The fraction of sp³-hybridized carbons (Fsp3) is 0.818.